The number of rotatable bonds is 2. The summed E-state index contributed by atoms with van der Waals surface area (Å²) in [5, 5.41) is 35.2. The molecule has 4 aliphatic carbocycles. The van der Waals surface area contributed by atoms with E-state index in [0.29, 0.717) is 37.7 Å². The number of hydrogen-bond donors (Lipinski definition) is 3. The molecule has 0 aromatic heterocycles. The summed E-state index contributed by atoms with van der Waals surface area (Å²) in [4.78, 5) is 25.5. The van der Waals surface area contributed by atoms with E-state index >= 15 is 0 Å². The van der Waals surface area contributed by atoms with Crippen LogP contribution in [0.1, 0.15) is 66.7 Å². The fraction of sp³-hybridized carbons (Fsp3) is 0.714. The summed E-state index contributed by atoms with van der Waals surface area (Å²) < 4.78 is 5.78. The minimum Gasteiger partial charge on any atom is -0.458 e. The Balaban J connectivity index is 1.52. The minimum atomic E-state index is -1.30. The molecule has 0 aromatic rings. The highest BCUT2D eigenvalue weighted by Crippen LogP contribution is 2.68. The van der Waals surface area contributed by atoms with Gasteiger partial charge in [-0.1, -0.05) is 37.1 Å². The van der Waals surface area contributed by atoms with Gasteiger partial charge in [-0.2, -0.15) is 0 Å². The molecule has 6 heteroatoms. The molecule has 0 amide bonds. The predicted octanol–water partition coefficient (Wildman–Crippen LogP) is 3.26. The number of allylic oxidation sites excluding steroid dienone is 3. The van der Waals surface area contributed by atoms with Gasteiger partial charge in [-0.25, -0.2) is 4.79 Å². The monoisotopic (exact) mass is 470 g/mol. The Kier molecular flexibility index (Phi) is 5.37. The first-order chi connectivity index (χ1) is 15.9. The molecule has 10 atom stereocenters. The van der Waals surface area contributed by atoms with Crippen molar-refractivity contribution < 1.29 is 29.6 Å². The molecular formula is C28H38O6. The molecule has 6 nitrogen and oxygen atoms in total. The van der Waals surface area contributed by atoms with Crippen molar-refractivity contribution in [2.45, 2.75) is 90.6 Å². The van der Waals surface area contributed by atoms with Crippen LogP contribution in [0.4, 0.5) is 0 Å². The first kappa shape index (κ1) is 24.0. The van der Waals surface area contributed by atoms with Crippen molar-refractivity contribution in [1.82, 2.24) is 0 Å². The Labute approximate surface area is 201 Å². The zero-order chi connectivity index (χ0) is 24.8. The van der Waals surface area contributed by atoms with Crippen LogP contribution in [0.2, 0.25) is 0 Å². The fourth-order valence-corrected chi connectivity index (χ4v) is 8.80. The number of hydrogen-bond acceptors (Lipinski definition) is 6. The number of cyclic esters (lactones) is 1. The van der Waals surface area contributed by atoms with Crippen molar-refractivity contribution in [2.75, 3.05) is 0 Å². The fourth-order valence-electron chi connectivity index (χ4n) is 8.80. The van der Waals surface area contributed by atoms with E-state index in [-0.39, 0.29) is 35.6 Å². The quantitative estimate of drug-likeness (QED) is 0.423. The van der Waals surface area contributed by atoms with Gasteiger partial charge < -0.3 is 20.1 Å². The molecule has 0 unspecified atom stereocenters. The van der Waals surface area contributed by atoms with Crippen LogP contribution in [0.25, 0.3) is 0 Å². The van der Waals surface area contributed by atoms with Gasteiger partial charge in [0, 0.05) is 17.9 Å². The van der Waals surface area contributed by atoms with Gasteiger partial charge in [0.2, 0.25) is 0 Å². The van der Waals surface area contributed by atoms with Crippen LogP contribution in [0.3, 0.4) is 0 Å². The van der Waals surface area contributed by atoms with E-state index < -0.39 is 34.6 Å². The second-order valence-corrected chi connectivity index (χ2v) is 12.1. The minimum absolute atomic E-state index is 0.0639. The molecule has 0 bridgehead atoms. The van der Waals surface area contributed by atoms with Gasteiger partial charge in [-0.05, 0) is 75.7 Å². The third-order valence-electron chi connectivity index (χ3n) is 10.6. The first-order valence-corrected chi connectivity index (χ1v) is 12.7. The van der Waals surface area contributed by atoms with Crippen LogP contribution in [0, 0.1) is 34.5 Å². The van der Waals surface area contributed by atoms with Crippen molar-refractivity contribution in [2.24, 2.45) is 34.5 Å². The number of ether oxygens (including phenoxy) is 1. The molecular weight excluding hydrogens is 432 g/mol. The van der Waals surface area contributed by atoms with Crippen LogP contribution in [0.15, 0.2) is 34.9 Å². The molecule has 0 spiro atoms. The van der Waals surface area contributed by atoms with Crippen molar-refractivity contribution in [3.8, 4) is 0 Å². The Morgan fingerprint density at radius 2 is 1.85 bits per heavy atom. The molecule has 3 N–H and O–H groups in total. The molecule has 2 saturated carbocycles. The molecule has 1 heterocycles. The van der Waals surface area contributed by atoms with Gasteiger partial charge in [0.1, 0.15) is 6.10 Å². The van der Waals surface area contributed by atoms with E-state index in [1.807, 2.05) is 32.9 Å². The van der Waals surface area contributed by atoms with E-state index in [1.54, 1.807) is 13.0 Å². The van der Waals surface area contributed by atoms with Gasteiger partial charge in [-0.15, -0.1) is 0 Å². The van der Waals surface area contributed by atoms with Gasteiger partial charge in [0.25, 0.3) is 0 Å². The van der Waals surface area contributed by atoms with E-state index in [4.69, 9.17) is 4.74 Å². The Morgan fingerprint density at radius 1 is 1.15 bits per heavy atom. The lowest BCUT2D eigenvalue weighted by atomic mass is 9.44. The molecule has 2 fully saturated rings. The molecule has 34 heavy (non-hydrogen) atoms. The predicted molar refractivity (Wildman–Crippen MR) is 126 cm³/mol. The summed E-state index contributed by atoms with van der Waals surface area (Å²) in [6.07, 6.45) is 5.99. The third kappa shape index (κ3) is 2.97. The number of fused-ring (bicyclic) bond motifs is 5. The summed E-state index contributed by atoms with van der Waals surface area (Å²) in [7, 11) is 0. The van der Waals surface area contributed by atoms with Crippen LogP contribution >= 0.6 is 0 Å². The van der Waals surface area contributed by atoms with Crippen molar-refractivity contribution in [3.63, 3.8) is 0 Å². The average molecular weight is 471 g/mol. The van der Waals surface area contributed by atoms with Crippen molar-refractivity contribution >= 4 is 11.8 Å². The highest BCUT2D eigenvalue weighted by atomic mass is 16.5. The Bertz CT molecular complexity index is 1020. The van der Waals surface area contributed by atoms with Crippen molar-refractivity contribution in [1.29, 1.82) is 0 Å². The topological polar surface area (TPSA) is 104 Å². The normalized spacial score (nSPS) is 49.1. The molecule has 1 aliphatic heterocycles. The van der Waals surface area contributed by atoms with Gasteiger partial charge >= 0.3 is 5.97 Å². The SMILES string of the molecule is CC1=C(C)C(=O)O[C@@H]([C@@H](C)[C@H]2[C@@H](O)C[C@@H]3[C@]2(C)C[C@H](O)[C@@H]2[C@@]4(C)C(=O)C=CCC4=CC[C@]23O)C1. The lowest BCUT2D eigenvalue weighted by Gasteiger charge is -2.62. The smallest absolute Gasteiger partial charge is 0.333 e. The summed E-state index contributed by atoms with van der Waals surface area (Å²) in [5.74, 6) is -1.65. The number of carbonyl (C=O) groups is 2. The Hall–Kier alpha value is -1.76. The second kappa shape index (κ2) is 7.62. The summed E-state index contributed by atoms with van der Waals surface area (Å²) in [5.41, 5.74) is -0.158. The van der Waals surface area contributed by atoms with Crippen LogP contribution in [0.5, 0.6) is 0 Å². The molecule has 0 aromatic carbocycles. The first-order valence-electron chi connectivity index (χ1n) is 12.7. The maximum Gasteiger partial charge on any atom is 0.333 e. The second-order valence-electron chi connectivity index (χ2n) is 12.1. The third-order valence-corrected chi connectivity index (χ3v) is 10.6. The average Bonchev–Trinajstić information content (AvgIpc) is 3.02. The number of esters is 1. The number of aliphatic hydroxyl groups is 3. The van der Waals surface area contributed by atoms with Gasteiger partial charge in [0.15, 0.2) is 5.78 Å². The van der Waals surface area contributed by atoms with Crippen LogP contribution in [-0.4, -0.2) is 51.0 Å². The lowest BCUT2D eigenvalue weighted by molar-refractivity contribution is -0.220. The molecule has 5 rings (SSSR count). The van der Waals surface area contributed by atoms with Crippen LogP contribution < -0.4 is 0 Å². The maximum atomic E-state index is 13.1. The maximum absolute atomic E-state index is 13.1. The molecule has 0 radical (unpaired) electrons. The molecule has 0 saturated heterocycles. The summed E-state index contributed by atoms with van der Waals surface area (Å²) in [6, 6.07) is 0. The zero-order valence-corrected chi connectivity index (χ0v) is 20.9. The summed E-state index contributed by atoms with van der Waals surface area (Å²) in [6.45, 7) is 9.68. The largest absolute Gasteiger partial charge is 0.458 e. The highest BCUT2D eigenvalue weighted by molar-refractivity contribution is 5.99. The number of aliphatic hydroxyl groups excluding tert-OH is 2. The van der Waals surface area contributed by atoms with E-state index in [0.717, 1.165) is 11.1 Å². The summed E-state index contributed by atoms with van der Waals surface area (Å²) >= 11 is 0. The van der Waals surface area contributed by atoms with Crippen molar-refractivity contribution in [3.05, 3.63) is 34.9 Å². The van der Waals surface area contributed by atoms with E-state index in [2.05, 4.69) is 6.92 Å². The van der Waals surface area contributed by atoms with Gasteiger partial charge in [0.05, 0.1) is 23.2 Å². The van der Waals surface area contributed by atoms with Crippen LogP contribution in [-0.2, 0) is 14.3 Å². The molecule has 5 aliphatic rings. The highest BCUT2D eigenvalue weighted by Gasteiger charge is 2.71. The lowest BCUT2D eigenvalue weighted by Crippen LogP contribution is -2.67. The van der Waals surface area contributed by atoms with E-state index in [9.17, 15) is 24.9 Å². The Morgan fingerprint density at radius 3 is 2.53 bits per heavy atom. The van der Waals surface area contributed by atoms with E-state index in [1.165, 1.54) is 0 Å². The zero-order valence-electron chi connectivity index (χ0n) is 20.9. The number of carbonyl (C=O) groups excluding carboxylic acids is 2. The van der Waals surface area contributed by atoms with Gasteiger partial charge in [-0.3, -0.25) is 4.79 Å². The number of ketones is 1. The molecule has 186 valence electrons. The standard InChI is InChI=1S/C28H38O6/c1-14-11-20(34-25(32)15(14)2)16(3)23-18(29)12-21-26(23,4)13-19(30)24-27(5)17(7-6-8-22(27)31)9-10-28(21,24)33/h6,8-9,16,18-21,23-24,29-30,33H,7,10-13H2,1-5H3/t16-,18+,19+,20-,21-,23+,24-,26+,27-,28-/m1/s1.